The molecule has 1 unspecified atom stereocenters. The lowest BCUT2D eigenvalue weighted by Gasteiger charge is -2.23. The third kappa shape index (κ3) is 2.51. The van der Waals surface area contributed by atoms with Crippen LogP contribution in [0.3, 0.4) is 0 Å². The van der Waals surface area contributed by atoms with Crippen LogP contribution in [0, 0.1) is 13.8 Å². The largest absolute Gasteiger partial charge is 0.314 e. The number of amides is 1. The van der Waals surface area contributed by atoms with Crippen molar-refractivity contribution < 1.29 is 4.79 Å². The maximum absolute atomic E-state index is 12.3. The number of aryl methyl sites for hydroxylation is 1. The SMILES string of the molecule is Cc1[nH]nc(NC(=O)C(C)(N)c2ccccc2)c1C. The third-order valence-electron chi connectivity index (χ3n) is 3.33. The van der Waals surface area contributed by atoms with Gasteiger partial charge in [0, 0.05) is 11.3 Å². The second-order valence-electron chi connectivity index (χ2n) is 4.84. The van der Waals surface area contributed by atoms with Crippen LogP contribution in [0.1, 0.15) is 23.7 Å². The molecule has 19 heavy (non-hydrogen) atoms. The maximum atomic E-state index is 12.3. The first-order chi connectivity index (χ1) is 8.93. The van der Waals surface area contributed by atoms with E-state index < -0.39 is 5.54 Å². The van der Waals surface area contributed by atoms with Crippen LogP contribution in [0.15, 0.2) is 30.3 Å². The molecule has 5 heteroatoms. The van der Waals surface area contributed by atoms with Crippen molar-refractivity contribution in [1.82, 2.24) is 10.2 Å². The number of nitrogens with two attached hydrogens (primary N) is 1. The van der Waals surface area contributed by atoms with Crippen LogP contribution >= 0.6 is 0 Å². The lowest BCUT2D eigenvalue weighted by atomic mass is 9.92. The first-order valence-electron chi connectivity index (χ1n) is 6.10. The van der Waals surface area contributed by atoms with E-state index in [1.54, 1.807) is 6.92 Å². The van der Waals surface area contributed by atoms with Gasteiger partial charge in [0.25, 0.3) is 0 Å². The number of carbonyl (C=O) groups is 1. The van der Waals surface area contributed by atoms with E-state index in [0.29, 0.717) is 5.82 Å². The predicted molar refractivity (Wildman–Crippen MR) is 74.7 cm³/mol. The molecule has 5 nitrogen and oxygen atoms in total. The van der Waals surface area contributed by atoms with Gasteiger partial charge in [0.15, 0.2) is 5.82 Å². The van der Waals surface area contributed by atoms with E-state index in [0.717, 1.165) is 16.8 Å². The minimum Gasteiger partial charge on any atom is -0.314 e. The fourth-order valence-corrected chi connectivity index (χ4v) is 1.76. The number of rotatable bonds is 3. The van der Waals surface area contributed by atoms with E-state index in [1.807, 2.05) is 44.2 Å². The number of benzene rings is 1. The summed E-state index contributed by atoms with van der Waals surface area (Å²) in [5.74, 6) is 0.239. The highest BCUT2D eigenvalue weighted by atomic mass is 16.2. The summed E-state index contributed by atoms with van der Waals surface area (Å²) >= 11 is 0. The molecule has 0 spiro atoms. The Kier molecular flexibility index (Phi) is 3.40. The van der Waals surface area contributed by atoms with Crippen molar-refractivity contribution in [3.8, 4) is 0 Å². The van der Waals surface area contributed by atoms with Crippen molar-refractivity contribution in [2.45, 2.75) is 26.3 Å². The Morgan fingerprint density at radius 3 is 2.47 bits per heavy atom. The molecule has 0 saturated heterocycles. The zero-order valence-electron chi connectivity index (χ0n) is 11.3. The molecule has 0 aliphatic heterocycles. The summed E-state index contributed by atoms with van der Waals surface area (Å²) in [6.45, 7) is 5.48. The minimum absolute atomic E-state index is 0.284. The maximum Gasteiger partial charge on any atom is 0.249 e. The molecule has 2 aromatic rings. The molecule has 2 rings (SSSR count). The minimum atomic E-state index is -1.10. The summed E-state index contributed by atoms with van der Waals surface area (Å²) in [6.07, 6.45) is 0. The van der Waals surface area contributed by atoms with E-state index >= 15 is 0 Å². The molecule has 4 N–H and O–H groups in total. The Bertz CT molecular complexity index is 587. The molecule has 1 amide bonds. The fraction of sp³-hybridized carbons (Fsp3) is 0.286. The van der Waals surface area contributed by atoms with Gasteiger partial charge in [0.2, 0.25) is 5.91 Å². The van der Waals surface area contributed by atoms with Gasteiger partial charge in [0.05, 0.1) is 0 Å². The number of aromatic amines is 1. The van der Waals surface area contributed by atoms with Crippen LogP contribution in [-0.4, -0.2) is 16.1 Å². The second-order valence-corrected chi connectivity index (χ2v) is 4.84. The predicted octanol–water partition coefficient (Wildman–Crippen LogP) is 1.84. The van der Waals surface area contributed by atoms with Crippen molar-refractivity contribution in [2.75, 3.05) is 5.32 Å². The number of nitrogens with zero attached hydrogens (tertiary/aromatic N) is 1. The lowest BCUT2D eigenvalue weighted by molar-refractivity contribution is -0.120. The van der Waals surface area contributed by atoms with Crippen molar-refractivity contribution in [1.29, 1.82) is 0 Å². The van der Waals surface area contributed by atoms with Gasteiger partial charge in [-0.05, 0) is 26.3 Å². The Labute approximate surface area is 112 Å². The molecule has 0 bridgehead atoms. The van der Waals surface area contributed by atoms with Crippen LogP contribution in [0.25, 0.3) is 0 Å². The lowest BCUT2D eigenvalue weighted by Crippen LogP contribution is -2.45. The average Bonchev–Trinajstić information content (AvgIpc) is 2.71. The third-order valence-corrected chi connectivity index (χ3v) is 3.33. The summed E-state index contributed by atoms with van der Waals surface area (Å²) in [5, 5.41) is 9.64. The fourth-order valence-electron chi connectivity index (χ4n) is 1.76. The zero-order valence-corrected chi connectivity index (χ0v) is 11.3. The smallest absolute Gasteiger partial charge is 0.249 e. The Morgan fingerprint density at radius 1 is 1.32 bits per heavy atom. The monoisotopic (exact) mass is 258 g/mol. The summed E-state index contributed by atoms with van der Waals surface area (Å²) in [6, 6.07) is 9.28. The van der Waals surface area contributed by atoms with E-state index in [-0.39, 0.29) is 5.91 Å². The molecule has 1 aromatic heterocycles. The number of hydrogen-bond acceptors (Lipinski definition) is 3. The topological polar surface area (TPSA) is 83.8 Å². The summed E-state index contributed by atoms with van der Waals surface area (Å²) in [4.78, 5) is 12.3. The number of hydrogen-bond donors (Lipinski definition) is 3. The van der Waals surface area contributed by atoms with E-state index in [4.69, 9.17) is 5.73 Å². The van der Waals surface area contributed by atoms with E-state index in [1.165, 1.54) is 0 Å². The standard InChI is InChI=1S/C14H18N4O/c1-9-10(2)17-18-12(9)16-13(19)14(3,15)11-7-5-4-6-8-11/h4-8H,15H2,1-3H3,(H2,16,17,18,19). The molecule has 1 atom stereocenters. The van der Waals surface area contributed by atoms with Gasteiger partial charge in [-0.25, -0.2) is 0 Å². The van der Waals surface area contributed by atoms with Crippen molar-refractivity contribution >= 4 is 11.7 Å². The van der Waals surface area contributed by atoms with Gasteiger partial charge in [0.1, 0.15) is 5.54 Å². The van der Waals surface area contributed by atoms with Gasteiger partial charge < -0.3 is 11.1 Å². The number of anilines is 1. The summed E-state index contributed by atoms with van der Waals surface area (Å²) in [5.41, 5.74) is 7.64. The van der Waals surface area contributed by atoms with Crippen LogP contribution in [0.2, 0.25) is 0 Å². The van der Waals surface area contributed by atoms with Gasteiger partial charge in [-0.15, -0.1) is 0 Å². The molecule has 0 aliphatic rings. The number of H-pyrrole nitrogens is 1. The summed E-state index contributed by atoms with van der Waals surface area (Å²) in [7, 11) is 0. The molecule has 1 aromatic carbocycles. The second kappa shape index (κ2) is 4.85. The highest BCUT2D eigenvalue weighted by Crippen LogP contribution is 2.21. The Hall–Kier alpha value is -2.14. The van der Waals surface area contributed by atoms with Crippen LogP contribution in [0.5, 0.6) is 0 Å². The van der Waals surface area contributed by atoms with Gasteiger partial charge in [-0.2, -0.15) is 5.10 Å². The first kappa shape index (κ1) is 13.3. The molecular weight excluding hydrogens is 240 g/mol. The molecule has 0 saturated carbocycles. The van der Waals surface area contributed by atoms with E-state index in [2.05, 4.69) is 15.5 Å². The quantitative estimate of drug-likeness (QED) is 0.785. The Balaban J connectivity index is 2.22. The van der Waals surface area contributed by atoms with Crippen molar-refractivity contribution in [2.24, 2.45) is 5.73 Å². The summed E-state index contributed by atoms with van der Waals surface area (Å²) < 4.78 is 0. The highest BCUT2D eigenvalue weighted by molar-refractivity contribution is 5.98. The van der Waals surface area contributed by atoms with Crippen LogP contribution in [-0.2, 0) is 10.3 Å². The number of carbonyl (C=O) groups excluding carboxylic acids is 1. The van der Waals surface area contributed by atoms with Crippen LogP contribution in [0.4, 0.5) is 5.82 Å². The molecule has 0 radical (unpaired) electrons. The molecule has 1 heterocycles. The van der Waals surface area contributed by atoms with E-state index in [9.17, 15) is 4.79 Å². The molecule has 0 aliphatic carbocycles. The van der Waals surface area contributed by atoms with Crippen LogP contribution < -0.4 is 11.1 Å². The van der Waals surface area contributed by atoms with Crippen molar-refractivity contribution in [3.05, 3.63) is 47.2 Å². The normalized spacial score (nSPS) is 13.9. The van der Waals surface area contributed by atoms with Gasteiger partial charge in [-0.3, -0.25) is 9.89 Å². The highest BCUT2D eigenvalue weighted by Gasteiger charge is 2.31. The number of nitrogens with one attached hydrogen (secondary N) is 2. The first-order valence-corrected chi connectivity index (χ1v) is 6.10. The molecule has 0 fully saturated rings. The Morgan fingerprint density at radius 2 is 1.95 bits per heavy atom. The van der Waals surface area contributed by atoms with Crippen molar-refractivity contribution in [3.63, 3.8) is 0 Å². The average molecular weight is 258 g/mol. The molecule has 100 valence electrons. The molecular formula is C14H18N4O. The van der Waals surface area contributed by atoms with Gasteiger partial charge in [-0.1, -0.05) is 30.3 Å². The zero-order chi connectivity index (χ0) is 14.0. The van der Waals surface area contributed by atoms with Gasteiger partial charge >= 0.3 is 0 Å². The number of aromatic nitrogens is 2.